The summed E-state index contributed by atoms with van der Waals surface area (Å²) in [7, 11) is 0. The first-order chi connectivity index (χ1) is 7.74. The molecule has 0 bridgehead atoms. The van der Waals surface area contributed by atoms with Crippen molar-refractivity contribution in [3.8, 4) is 5.75 Å². The zero-order valence-corrected chi connectivity index (χ0v) is 7.95. The monoisotopic (exact) mass is 254 g/mol. The maximum absolute atomic E-state index is 11.9. The number of alkyl halides is 3. The third-order valence-electron chi connectivity index (χ3n) is 1.62. The van der Waals surface area contributed by atoms with Crippen LogP contribution in [0.5, 0.6) is 5.75 Å². The highest BCUT2D eigenvalue weighted by Crippen LogP contribution is 2.32. The number of aliphatic hydroxyl groups excluding tert-OH is 1. The van der Waals surface area contributed by atoms with Crippen LogP contribution in [-0.4, -0.2) is 21.4 Å². The van der Waals surface area contributed by atoms with Crippen molar-refractivity contribution in [1.82, 2.24) is 4.98 Å². The van der Waals surface area contributed by atoms with Gasteiger partial charge in [-0.15, -0.1) is 13.2 Å². The van der Waals surface area contributed by atoms with Gasteiger partial charge in [0.15, 0.2) is 0 Å². The molecule has 10 heteroatoms. The third-order valence-corrected chi connectivity index (χ3v) is 1.62. The number of halogens is 3. The fourth-order valence-corrected chi connectivity index (χ4v) is 1.10. The topological polar surface area (TPSA) is 105 Å². The number of hydrogen-bond donors (Lipinski definition) is 2. The minimum absolute atomic E-state index is 0.283. The van der Waals surface area contributed by atoms with Gasteiger partial charge in [0.2, 0.25) is 5.75 Å². The largest absolute Gasteiger partial charge is 0.573 e. The molecule has 1 rings (SSSR count). The fourth-order valence-electron chi connectivity index (χ4n) is 1.10. The lowest BCUT2D eigenvalue weighted by molar-refractivity contribution is -0.390. The third kappa shape index (κ3) is 3.17. The van der Waals surface area contributed by atoms with Crippen molar-refractivity contribution in [2.24, 2.45) is 0 Å². The molecule has 17 heavy (non-hydrogen) atoms. The van der Waals surface area contributed by atoms with Gasteiger partial charge >= 0.3 is 12.0 Å². The molecule has 0 saturated carbocycles. The molecule has 0 aliphatic rings. The van der Waals surface area contributed by atoms with Crippen molar-refractivity contribution in [3.05, 3.63) is 32.2 Å². The second kappa shape index (κ2) is 4.41. The lowest BCUT2D eigenvalue weighted by Gasteiger charge is -2.09. The van der Waals surface area contributed by atoms with E-state index in [4.69, 9.17) is 5.11 Å². The lowest BCUT2D eigenvalue weighted by atomic mass is 10.3. The van der Waals surface area contributed by atoms with Gasteiger partial charge < -0.3 is 14.8 Å². The molecule has 7 nitrogen and oxygen atoms in total. The molecular formula is C7H5F3N2O5. The number of nitrogens with zero attached hydrogens (tertiary/aromatic N) is 1. The summed E-state index contributed by atoms with van der Waals surface area (Å²) in [5.74, 6) is -1.27. The first kappa shape index (κ1) is 13.0. The second-order valence-corrected chi connectivity index (χ2v) is 2.79. The number of ether oxygens (including phenoxy) is 1. The quantitative estimate of drug-likeness (QED) is 0.609. The predicted octanol–water partition coefficient (Wildman–Crippen LogP) is 0.674. The van der Waals surface area contributed by atoms with Gasteiger partial charge in [-0.25, -0.2) is 0 Å². The Morgan fingerprint density at radius 3 is 2.53 bits per heavy atom. The predicted molar refractivity (Wildman–Crippen MR) is 46.3 cm³/mol. The van der Waals surface area contributed by atoms with E-state index in [0.717, 1.165) is 0 Å². The number of nitro groups is 1. The molecule has 0 aliphatic heterocycles. The van der Waals surface area contributed by atoms with Crippen LogP contribution in [0.15, 0.2) is 10.9 Å². The molecule has 1 aromatic rings. The summed E-state index contributed by atoms with van der Waals surface area (Å²) in [6.45, 7) is -0.999. The molecule has 0 aliphatic carbocycles. The molecular weight excluding hydrogens is 249 g/mol. The highest BCUT2D eigenvalue weighted by Gasteiger charge is 2.36. The summed E-state index contributed by atoms with van der Waals surface area (Å²) >= 11 is 0. The number of H-pyrrole nitrogens is 1. The number of pyridine rings is 1. The Kier molecular flexibility index (Phi) is 3.36. The Balaban J connectivity index is 3.41. The van der Waals surface area contributed by atoms with Crippen LogP contribution in [-0.2, 0) is 6.61 Å². The minimum atomic E-state index is -5.18. The molecule has 0 unspecified atom stereocenters. The summed E-state index contributed by atoms with van der Waals surface area (Å²) < 4.78 is 39.1. The van der Waals surface area contributed by atoms with Crippen molar-refractivity contribution < 1.29 is 27.9 Å². The van der Waals surface area contributed by atoms with Crippen LogP contribution in [0.1, 0.15) is 5.69 Å². The summed E-state index contributed by atoms with van der Waals surface area (Å²) in [5, 5.41) is 19.2. The first-order valence-corrected chi connectivity index (χ1v) is 4.02. The van der Waals surface area contributed by atoms with Gasteiger partial charge in [-0.2, -0.15) is 0 Å². The molecule has 0 atom stereocenters. The Morgan fingerprint density at radius 1 is 1.53 bits per heavy atom. The van der Waals surface area contributed by atoms with Crippen molar-refractivity contribution in [1.29, 1.82) is 0 Å². The Bertz CT molecular complexity index is 495. The average molecular weight is 254 g/mol. The number of nitrogens with one attached hydrogen (secondary N) is 1. The van der Waals surface area contributed by atoms with Crippen LogP contribution in [0, 0.1) is 10.1 Å². The maximum atomic E-state index is 11.9. The van der Waals surface area contributed by atoms with Crippen LogP contribution < -0.4 is 10.3 Å². The molecule has 0 aromatic carbocycles. The van der Waals surface area contributed by atoms with Crippen LogP contribution in [0.3, 0.4) is 0 Å². The molecule has 1 aromatic heterocycles. The first-order valence-electron chi connectivity index (χ1n) is 4.02. The number of aromatic amines is 1. The highest BCUT2D eigenvalue weighted by molar-refractivity contribution is 5.49. The van der Waals surface area contributed by atoms with Crippen LogP contribution in [0.25, 0.3) is 0 Å². The minimum Gasteiger partial charge on any atom is -0.398 e. The molecule has 0 spiro atoms. The van der Waals surface area contributed by atoms with Crippen LogP contribution in [0.2, 0.25) is 0 Å². The van der Waals surface area contributed by atoms with E-state index >= 15 is 0 Å². The SMILES string of the molecule is O=c1cc(OC(F)(F)F)c([N+](=O)[O-])c(CO)[nH]1. The van der Waals surface area contributed by atoms with E-state index < -0.39 is 40.6 Å². The standard InChI is InChI=1S/C7H5F3N2O5/c8-7(9,10)17-4-1-5(14)11-3(2-13)6(4)12(15)16/h1,13H,2H2,(H,11,14). The second-order valence-electron chi connectivity index (χ2n) is 2.79. The zero-order valence-electron chi connectivity index (χ0n) is 7.95. The fraction of sp³-hybridized carbons (Fsp3) is 0.286. The van der Waals surface area contributed by atoms with Gasteiger partial charge in [0.05, 0.1) is 17.6 Å². The normalized spacial score (nSPS) is 11.3. The van der Waals surface area contributed by atoms with Gasteiger partial charge in [0.25, 0.3) is 5.56 Å². The molecule has 0 radical (unpaired) electrons. The lowest BCUT2D eigenvalue weighted by Crippen LogP contribution is -2.21. The summed E-state index contributed by atoms with van der Waals surface area (Å²) in [6.07, 6.45) is -5.18. The summed E-state index contributed by atoms with van der Waals surface area (Å²) in [5.41, 5.74) is -2.86. The van der Waals surface area contributed by atoms with Crippen LogP contribution in [0.4, 0.5) is 18.9 Å². The van der Waals surface area contributed by atoms with Crippen LogP contribution >= 0.6 is 0 Å². The van der Waals surface area contributed by atoms with E-state index in [2.05, 4.69) is 4.74 Å². The van der Waals surface area contributed by atoms with Gasteiger partial charge in [0.1, 0.15) is 5.69 Å². The van der Waals surface area contributed by atoms with Gasteiger partial charge in [-0.3, -0.25) is 14.9 Å². The molecule has 0 amide bonds. The number of aromatic nitrogens is 1. The number of rotatable bonds is 3. The van der Waals surface area contributed by atoms with Crippen molar-refractivity contribution in [2.45, 2.75) is 13.0 Å². The van der Waals surface area contributed by atoms with Crippen molar-refractivity contribution >= 4 is 5.69 Å². The van der Waals surface area contributed by atoms with Gasteiger partial charge in [-0.05, 0) is 0 Å². The van der Waals surface area contributed by atoms with Gasteiger partial charge in [-0.1, -0.05) is 0 Å². The molecule has 0 saturated heterocycles. The highest BCUT2D eigenvalue weighted by atomic mass is 19.4. The van der Waals surface area contributed by atoms with E-state index in [1.165, 1.54) is 0 Å². The van der Waals surface area contributed by atoms with E-state index in [9.17, 15) is 28.1 Å². The van der Waals surface area contributed by atoms with Crippen molar-refractivity contribution in [3.63, 3.8) is 0 Å². The van der Waals surface area contributed by atoms with E-state index in [1.54, 1.807) is 0 Å². The summed E-state index contributed by atoms with van der Waals surface area (Å²) in [4.78, 5) is 22.1. The smallest absolute Gasteiger partial charge is 0.398 e. The summed E-state index contributed by atoms with van der Waals surface area (Å²) in [6, 6.07) is 0.283. The zero-order chi connectivity index (χ0) is 13.2. The van der Waals surface area contributed by atoms with E-state index in [1.807, 2.05) is 4.98 Å². The van der Waals surface area contributed by atoms with Gasteiger partial charge in [0, 0.05) is 0 Å². The van der Waals surface area contributed by atoms with E-state index in [-0.39, 0.29) is 6.07 Å². The molecule has 2 N–H and O–H groups in total. The van der Waals surface area contributed by atoms with E-state index in [0.29, 0.717) is 0 Å². The molecule has 1 heterocycles. The Hall–Kier alpha value is -2.10. The Morgan fingerprint density at radius 2 is 2.12 bits per heavy atom. The molecule has 0 fully saturated rings. The average Bonchev–Trinajstić information content (AvgIpc) is 2.12. The Labute approximate surface area is 90.6 Å². The number of aliphatic hydroxyl groups is 1. The number of hydrogen-bond acceptors (Lipinski definition) is 5. The molecule has 94 valence electrons. The van der Waals surface area contributed by atoms with Crippen molar-refractivity contribution in [2.75, 3.05) is 0 Å². The maximum Gasteiger partial charge on any atom is 0.573 e.